The van der Waals surface area contributed by atoms with Crippen LogP contribution in [0.5, 0.6) is 5.75 Å². The summed E-state index contributed by atoms with van der Waals surface area (Å²) in [5.74, 6) is -2.20. The van der Waals surface area contributed by atoms with Gasteiger partial charge in [-0.05, 0) is 25.1 Å². The molecule has 0 aliphatic heterocycles. The van der Waals surface area contributed by atoms with Gasteiger partial charge in [-0.15, -0.1) is 0 Å². The Morgan fingerprint density at radius 2 is 1.65 bits per heavy atom. The molecule has 0 spiro atoms. The Bertz CT molecular complexity index is 1020. The molecule has 0 N–H and O–H groups in total. The molecule has 26 heavy (non-hydrogen) atoms. The van der Waals surface area contributed by atoms with Crippen molar-refractivity contribution in [3.8, 4) is 5.75 Å². The van der Waals surface area contributed by atoms with E-state index in [0.717, 1.165) is 21.8 Å². The third-order valence-electron chi connectivity index (χ3n) is 4.35. The summed E-state index contributed by atoms with van der Waals surface area (Å²) in [6.07, 6.45) is -6.19. The number of fused-ring (bicyclic) bond motifs is 3. The largest absolute Gasteiger partial charge is 0.497 e. The van der Waals surface area contributed by atoms with E-state index in [1.165, 1.54) is 12.1 Å². The van der Waals surface area contributed by atoms with Gasteiger partial charge in [0.1, 0.15) is 5.75 Å². The van der Waals surface area contributed by atoms with E-state index in [9.17, 15) is 22.8 Å². The van der Waals surface area contributed by atoms with Crippen LogP contribution in [0.3, 0.4) is 0 Å². The lowest BCUT2D eigenvalue weighted by atomic mass is 10.0. The number of ketones is 2. The molecule has 0 saturated heterocycles. The SMILES string of the molecule is CCn1c2cc(OC)ccc2c2ccc(C(=O)CC(=O)C(F)(F)F)cc21. The van der Waals surface area contributed by atoms with Crippen LogP contribution in [0.2, 0.25) is 0 Å². The number of ether oxygens (including phenoxy) is 1. The summed E-state index contributed by atoms with van der Waals surface area (Å²) >= 11 is 0. The zero-order chi connectivity index (χ0) is 19.1. The molecular weight excluding hydrogens is 347 g/mol. The number of carbonyl (C=O) groups is 2. The highest BCUT2D eigenvalue weighted by atomic mass is 19.4. The summed E-state index contributed by atoms with van der Waals surface area (Å²) in [6.45, 7) is 2.53. The molecule has 2 aromatic carbocycles. The Labute approximate surface area is 147 Å². The Morgan fingerprint density at radius 3 is 2.23 bits per heavy atom. The predicted octanol–water partition coefficient (Wildman–Crippen LogP) is 4.53. The van der Waals surface area contributed by atoms with Gasteiger partial charge in [-0.2, -0.15) is 13.2 Å². The molecule has 1 heterocycles. The number of aryl methyl sites for hydroxylation is 1. The third-order valence-corrected chi connectivity index (χ3v) is 4.35. The molecule has 0 aliphatic carbocycles. The van der Waals surface area contributed by atoms with Gasteiger partial charge >= 0.3 is 6.18 Å². The molecule has 0 fully saturated rings. The molecule has 0 saturated carbocycles. The number of carbonyl (C=O) groups excluding carboxylic acids is 2. The van der Waals surface area contributed by atoms with E-state index in [-0.39, 0.29) is 5.56 Å². The van der Waals surface area contributed by atoms with Crippen molar-refractivity contribution >= 4 is 33.4 Å². The smallest absolute Gasteiger partial charge is 0.450 e. The first-order chi connectivity index (χ1) is 12.3. The summed E-state index contributed by atoms with van der Waals surface area (Å²) in [4.78, 5) is 23.2. The van der Waals surface area contributed by atoms with Gasteiger partial charge in [0, 0.05) is 34.5 Å². The molecule has 0 amide bonds. The van der Waals surface area contributed by atoms with Gasteiger partial charge in [-0.1, -0.05) is 12.1 Å². The number of methoxy groups -OCH3 is 1. The predicted molar refractivity (Wildman–Crippen MR) is 91.7 cm³/mol. The number of rotatable bonds is 5. The third kappa shape index (κ3) is 3.05. The number of benzene rings is 2. The van der Waals surface area contributed by atoms with Crippen molar-refractivity contribution in [2.24, 2.45) is 0 Å². The van der Waals surface area contributed by atoms with Gasteiger partial charge < -0.3 is 9.30 Å². The lowest BCUT2D eigenvalue weighted by Crippen LogP contribution is -2.25. The fourth-order valence-corrected chi connectivity index (χ4v) is 3.06. The van der Waals surface area contributed by atoms with Crippen LogP contribution in [0.4, 0.5) is 13.2 Å². The summed E-state index contributed by atoms with van der Waals surface area (Å²) in [7, 11) is 1.56. The quantitative estimate of drug-likeness (QED) is 0.494. The molecular formula is C19H16F3NO3. The fourth-order valence-electron chi connectivity index (χ4n) is 3.06. The van der Waals surface area contributed by atoms with Crippen LogP contribution < -0.4 is 4.74 Å². The molecule has 0 bridgehead atoms. The van der Waals surface area contributed by atoms with E-state index in [2.05, 4.69) is 0 Å². The minimum absolute atomic E-state index is 0.0829. The Kier molecular flexibility index (Phi) is 4.48. The van der Waals surface area contributed by atoms with E-state index < -0.39 is 24.2 Å². The number of aromatic nitrogens is 1. The zero-order valence-corrected chi connectivity index (χ0v) is 14.2. The average molecular weight is 363 g/mol. The molecule has 0 radical (unpaired) electrons. The molecule has 136 valence electrons. The van der Waals surface area contributed by atoms with Crippen molar-refractivity contribution in [2.75, 3.05) is 7.11 Å². The second-order valence-electron chi connectivity index (χ2n) is 5.88. The fraction of sp³-hybridized carbons (Fsp3) is 0.263. The van der Waals surface area contributed by atoms with Gasteiger partial charge in [0.2, 0.25) is 5.78 Å². The Hall–Kier alpha value is -2.83. The van der Waals surface area contributed by atoms with Crippen LogP contribution in [-0.2, 0) is 11.3 Å². The zero-order valence-electron chi connectivity index (χ0n) is 14.2. The first kappa shape index (κ1) is 18.0. The standard InChI is InChI=1S/C19H16F3NO3/c1-3-23-15-8-11(17(24)10-18(25)19(20,21)22)4-6-13(15)14-7-5-12(26-2)9-16(14)23/h4-9H,3,10H2,1-2H3. The Balaban J connectivity index is 2.09. The van der Waals surface area contributed by atoms with E-state index in [0.29, 0.717) is 12.3 Å². The normalized spacial score (nSPS) is 11.9. The van der Waals surface area contributed by atoms with E-state index in [1.54, 1.807) is 13.2 Å². The first-order valence-electron chi connectivity index (χ1n) is 7.99. The van der Waals surface area contributed by atoms with E-state index in [1.807, 2.05) is 29.7 Å². The molecule has 4 nitrogen and oxygen atoms in total. The van der Waals surface area contributed by atoms with Crippen LogP contribution in [-0.4, -0.2) is 29.4 Å². The van der Waals surface area contributed by atoms with Crippen molar-refractivity contribution < 1.29 is 27.5 Å². The summed E-state index contributed by atoms with van der Waals surface area (Å²) < 4.78 is 44.4. The van der Waals surface area contributed by atoms with Crippen molar-refractivity contribution in [1.29, 1.82) is 0 Å². The highest BCUT2D eigenvalue weighted by molar-refractivity contribution is 6.13. The van der Waals surface area contributed by atoms with Gasteiger partial charge in [0.15, 0.2) is 5.78 Å². The van der Waals surface area contributed by atoms with Crippen molar-refractivity contribution in [3.05, 3.63) is 42.0 Å². The van der Waals surface area contributed by atoms with Crippen molar-refractivity contribution in [3.63, 3.8) is 0 Å². The van der Waals surface area contributed by atoms with Crippen LogP contribution in [0, 0.1) is 0 Å². The molecule has 3 rings (SSSR count). The lowest BCUT2D eigenvalue weighted by Gasteiger charge is -2.07. The number of halogens is 3. The molecule has 0 unspecified atom stereocenters. The molecule has 3 aromatic rings. The number of Topliss-reactive ketones (excluding diaryl/α,β-unsaturated/α-hetero) is 2. The van der Waals surface area contributed by atoms with Crippen LogP contribution >= 0.6 is 0 Å². The van der Waals surface area contributed by atoms with E-state index in [4.69, 9.17) is 4.74 Å². The Morgan fingerprint density at radius 1 is 1.04 bits per heavy atom. The van der Waals surface area contributed by atoms with Gasteiger partial charge in [0.25, 0.3) is 0 Å². The van der Waals surface area contributed by atoms with Crippen LogP contribution in [0.25, 0.3) is 21.8 Å². The molecule has 1 aromatic heterocycles. The minimum Gasteiger partial charge on any atom is -0.497 e. The summed E-state index contributed by atoms with van der Waals surface area (Å²) in [6, 6.07) is 10.3. The number of alkyl halides is 3. The highest BCUT2D eigenvalue weighted by Gasteiger charge is 2.39. The minimum atomic E-state index is -5.01. The maximum absolute atomic E-state index is 12.4. The average Bonchev–Trinajstić information content (AvgIpc) is 2.92. The van der Waals surface area contributed by atoms with Crippen LogP contribution in [0.1, 0.15) is 23.7 Å². The first-order valence-corrected chi connectivity index (χ1v) is 7.99. The van der Waals surface area contributed by atoms with Crippen LogP contribution in [0.15, 0.2) is 36.4 Å². The number of nitrogens with zero attached hydrogens (tertiary/aromatic N) is 1. The topological polar surface area (TPSA) is 48.3 Å². The molecule has 0 atom stereocenters. The summed E-state index contributed by atoms with van der Waals surface area (Å²) in [5, 5.41) is 1.83. The monoisotopic (exact) mass is 363 g/mol. The number of hydrogen-bond donors (Lipinski definition) is 0. The maximum atomic E-state index is 12.4. The number of hydrogen-bond acceptors (Lipinski definition) is 3. The molecule has 0 aliphatic rings. The van der Waals surface area contributed by atoms with Crippen molar-refractivity contribution in [2.45, 2.75) is 26.1 Å². The summed E-state index contributed by atoms with van der Waals surface area (Å²) in [5.41, 5.74) is 1.71. The second-order valence-corrected chi connectivity index (χ2v) is 5.88. The maximum Gasteiger partial charge on any atom is 0.450 e. The van der Waals surface area contributed by atoms with Crippen molar-refractivity contribution in [1.82, 2.24) is 4.57 Å². The molecule has 7 heteroatoms. The second kappa shape index (κ2) is 6.48. The highest BCUT2D eigenvalue weighted by Crippen LogP contribution is 2.32. The lowest BCUT2D eigenvalue weighted by molar-refractivity contribution is -0.170. The van der Waals surface area contributed by atoms with E-state index >= 15 is 0 Å². The van der Waals surface area contributed by atoms with Gasteiger partial charge in [-0.3, -0.25) is 9.59 Å². The van der Waals surface area contributed by atoms with Gasteiger partial charge in [-0.25, -0.2) is 0 Å². The van der Waals surface area contributed by atoms with Gasteiger partial charge in [0.05, 0.1) is 19.0 Å².